The van der Waals surface area contributed by atoms with Crippen LogP contribution in [0.2, 0.25) is 0 Å². The third kappa shape index (κ3) is 3.58. The summed E-state index contributed by atoms with van der Waals surface area (Å²) in [6.45, 7) is 4.43. The number of halogens is 2. The van der Waals surface area contributed by atoms with E-state index in [0.717, 1.165) is 9.80 Å². The maximum atomic E-state index is 3.51. The molecule has 0 saturated carbocycles. The van der Waals surface area contributed by atoms with E-state index in [9.17, 15) is 0 Å². The van der Waals surface area contributed by atoms with Crippen molar-refractivity contribution in [3.8, 4) is 0 Å². The van der Waals surface area contributed by atoms with E-state index in [4.69, 9.17) is 0 Å². The van der Waals surface area contributed by atoms with Gasteiger partial charge in [-0.25, -0.2) is 0 Å². The van der Waals surface area contributed by atoms with Crippen LogP contribution in [-0.4, -0.2) is 5.33 Å². The van der Waals surface area contributed by atoms with E-state index in [1.807, 2.05) is 0 Å². The van der Waals surface area contributed by atoms with E-state index in [0.29, 0.717) is 5.92 Å². The highest BCUT2D eigenvalue weighted by Gasteiger charge is 2.01. The lowest BCUT2D eigenvalue weighted by Crippen LogP contribution is -1.94. The molecule has 1 aromatic carbocycles. The topological polar surface area (TPSA) is 0 Å². The van der Waals surface area contributed by atoms with Crippen LogP contribution in [0.3, 0.4) is 0 Å². The fourth-order valence-electron chi connectivity index (χ4n) is 1.13. The standard InChI is InChI=1S/C12H14Br2/c1-9(2)11(8-13)7-10-3-5-12(14)6-4-10/h3-7,9H,8H2,1-2H3. The molecule has 76 valence electrons. The molecule has 0 atom stereocenters. The SMILES string of the molecule is CC(C)C(=Cc1ccc(Br)cc1)CBr. The molecule has 0 aliphatic heterocycles. The van der Waals surface area contributed by atoms with Gasteiger partial charge in [0.15, 0.2) is 0 Å². The number of hydrogen-bond donors (Lipinski definition) is 0. The molecule has 0 fully saturated rings. The molecule has 14 heavy (non-hydrogen) atoms. The van der Waals surface area contributed by atoms with Gasteiger partial charge in [0.25, 0.3) is 0 Å². The zero-order chi connectivity index (χ0) is 10.6. The minimum atomic E-state index is 0.595. The first-order valence-electron chi connectivity index (χ1n) is 4.65. The highest BCUT2D eigenvalue weighted by molar-refractivity contribution is 9.10. The molecule has 0 saturated heterocycles. The Hall–Kier alpha value is -0.0800. The molecule has 1 aromatic rings. The molecule has 2 heteroatoms. The first-order valence-corrected chi connectivity index (χ1v) is 6.57. The molecular formula is C12H14Br2. The van der Waals surface area contributed by atoms with Crippen LogP contribution in [0.15, 0.2) is 34.3 Å². The summed E-state index contributed by atoms with van der Waals surface area (Å²) in [5.74, 6) is 0.595. The summed E-state index contributed by atoms with van der Waals surface area (Å²) < 4.78 is 1.12. The Morgan fingerprint density at radius 2 is 1.86 bits per heavy atom. The average Bonchev–Trinajstić information content (AvgIpc) is 2.16. The predicted octanol–water partition coefficient (Wildman–Crippen LogP) is 4.88. The minimum Gasteiger partial charge on any atom is -0.0880 e. The highest BCUT2D eigenvalue weighted by Crippen LogP contribution is 2.18. The molecule has 1 rings (SSSR count). The van der Waals surface area contributed by atoms with Gasteiger partial charge in [0.1, 0.15) is 0 Å². The first kappa shape index (κ1) is 12.0. The third-order valence-corrected chi connectivity index (χ3v) is 3.29. The van der Waals surface area contributed by atoms with Crippen molar-refractivity contribution in [2.75, 3.05) is 5.33 Å². The lowest BCUT2D eigenvalue weighted by Gasteiger charge is -2.07. The van der Waals surface area contributed by atoms with Gasteiger partial charge in [0, 0.05) is 9.80 Å². The van der Waals surface area contributed by atoms with Gasteiger partial charge in [-0.3, -0.25) is 0 Å². The van der Waals surface area contributed by atoms with E-state index >= 15 is 0 Å². The third-order valence-electron chi connectivity index (χ3n) is 2.12. The normalized spacial score (nSPS) is 12.2. The summed E-state index contributed by atoms with van der Waals surface area (Å²) in [4.78, 5) is 0. The second kappa shape index (κ2) is 5.72. The zero-order valence-corrected chi connectivity index (χ0v) is 11.6. The lowest BCUT2D eigenvalue weighted by atomic mass is 10.0. The summed E-state index contributed by atoms with van der Waals surface area (Å²) in [5.41, 5.74) is 2.68. The van der Waals surface area contributed by atoms with Crippen molar-refractivity contribution in [1.29, 1.82) is 0 Å². The molecule has 0 bridgehead atoms. The Labute approximate surface area is 103 Å². The molecule has 0 heterocycles. The maximum absolute atomic E-state index is 3.51. The summed E-state index contributed by atoms with van der Waals surface area (Å²) in [7, 11) is 0. The summed E-state index contributed by atoms with van der Waals surface area (Å²) in [6.07, 6.45) is 2.24. The smallest absolute Gasteiger partial charge is 0.0247 e. The fourth-order valence-corrected chi connectivity index (χ4v) is 2.21. The van der Waals surface area contributed by atoms with Gasteiger partial charge in [-0.2, -0.15) is 0 Å². The van der Waals surface area contributed by atoms with Crippen molar-refractivity contribution in [1.82, 2.24) is 0 Å². The molecule has 0 radical (unpaired) electrons. The quantitative estimate of drug-likeness (QED) is 0.697. The predicted molar refractivity (Wildman–Crippen MR) is 70.8 cm³/mol. The van der Waals surface area contributed by atoms with Crippen molar-refractivity contribution >= 4 is 37.9 Å². The lowest BCUT2D eigenvalue weighted by molar-refractivity contribution is 0.781. The molecule has 0 spiro atoms. The van der Waals surface area contributed by atoms with E-state index in [-0.39, 0.29) is 0 Å². The molecule has 0 aliphatic carbocycles. The van der Waals surface area contributed by atoms with Crippen LogP contribution in [0.1, 0.15) is 19.4 Å². The van der Waals surface area contributed by atoms with Crippen LogP contribution < -0.4 is 0 Å². The largest absolute Gasteiger partial charge is 0.0880 e. The number of hydrogen-bond acceptors (Lipinski definition) is 0. The number of allylic oxidation sites excluding steroid dienone is 1. The van der Waals surface area contributed by atoms with Crippen LogP contribution in [0.25, 0.3) is 6.08 Å². The van der Waals surface area contributed by atoms with Gasteiger partial charge < -0.3 is 0 Å². The summed E-state index contributed by atoms with van der Waals surface area (Å²) >= 11 is 6.94. The van der Waals surface area contributed by atoms with Crippen LogP contribution in [0.5, 0.6) is 0 Å². The van der Waals surface area contributed by atoms with Crippen molar-refractivity contribution in [2.24, 2.45) is 5.92 Å². The van der Waals surface area contributed by atoms with Crippen molar-refractivity contribution in [3.05, 3.63) is 39.9 Å². The Kier molecular flexibility index (Phi) is 4.90. The first-order chi connectivity index (χ1) is 6.63. The Morgan fingerprint density at radius 1 is 1.29 bits per heavy atom. The van der Waals surface area contributed by atoms with Crippen LogP contribution in [-0.2, 0) is 0 Å². The Morgan fingerprint density at radius 3 is 2.29 bits per heavy atom. The monoisotopic (exact) mass is 316 g/mol. The van der Waals surface area contributed by atoms with E-state index in [2.05, 4.69) is 76.0 Å². The number of rotatable bonds is 3. The Balaban J connectivity index is 2.89. The molecule has 0 aromatic heterocycles. The van der Waals surface area contributed by atoms with Crippen molar-refractivity contribution in [2.45, 2.75) is 13.8 Å². The van der Waals surface area contributed by atoms with Gasteiger partial charge in [0.2, 0.25) is 0 Å². The van der Waals surface area contributed by atoms with Gasteiger partial charge >= 0.3 is 0 Å². The fraction of sp³-hybridized carbons (Fsp3) is 0.333. The van der Waals surface area contributed by atoms with Gasteiger partial charge in [-0.05, 0) is 23.6 Å². The van der Waals surface area contributed by atoms with E-state index < -0.39 is 0 Å². The number of benzene rings is 1. The van der Waals surface area contributed by atoms with E-state index in [1.165, 1.54) is 11.1 Å². The molecule has 0 nitrogen and oxygen atoms in total. The molecular weight excluding hydrogens is 304 g/mol. The second-order valence-electron chi connectivity index (χ2n) is 3.56. The van der Waals surface area contributed by atoms with E-state index in [1.54, 1.807) is 0 Å². The highest BCUT2D eigenvalue weighted by atomic mass is 79.9. The molecule has 0 unspecified atom stereocenters. The van der Waals surface area contributed by atoms with Gasteiger partial charge in [0.05, 0.1) is 0 Å². The molecule has 0 amide bonds. The molecule has 0 aliphatic rings. The minimum absolute atomic E-state index is 0.595. The number of alkyl halides is 1. The zero-order valence-electron chi connectivity index (χ0n) is 8.43. The van der Waals surface area contributed by atoms with Gasteiger partial charge in [-0.1, -0.05) is 69.5 Å². The Bertz CT molecular complexity index is 310. The van der Waals surface area contributed by atoms with Crippen LogP contribution in [0, 0.1) is 5.92 Å². The van der Waals surface area contributed by atoms with Gasteiger partial charge in [-0.15, -0.1) is 0 Å². The van der Waals surface area contributed by atoms with Crippen LogP contribution >= 0.6 is 31.9 Å². The van der Waals surface area contributed by atoms with Crippen LogP contribution in [0.4, 0.5) is 0 Å². The van der Waals surface area contributed by atoms with Crippen molar-refractivity contribution < 1.29 is 0 Å². The van der Waals surface area contributed by atoms with Crippen molar-refractivity contribution in [3.63, 3.8) is 0 Å². The summed E-state index contributed by atoms with van der Waals surface area (Å²) in [5, 5.41) is 0.945. The maximum Gasteiger partial charge on any atom is 0.0247 e. The molecule has 0 N–H and O–H groups in total. The second-order valence-corrected chi connectivity index (χ2v) is 5.04. The average molecular weight is 318 g/mol. The summed E-state index contributed by atoms with van der Waals surface area (Å²) in [6, 6.07) is 8.38.